The third-order valence-corrected chi connectivity index (χ3v) is 6.53. The van der Waals surface area contributed by atoms with E-state index >= 15 is 0 Å². The molecule has 2 heterocycles. The van der Waals surface area contributed by atoms with Crippen molar-refractivity contribution in [2.24, 2.45) is 0 Å². The van der Waals surface area contributed by atoms with Crippen molar-refractivity contribution >= 4 is 43.6 Å². The highest BCUT2D eigenvalue weighted by molar-refractivity contribution is 6.09. The summed E-state index contributed by atoms with van der Waals surface area (Å²) in [6.07, 6.45) is 0. The summed E-state index contributed by atoms with van der Waals surface area (Å²) < 4.78 is 4.75. The van der Waals surface area contributed by atoms with Crippen molar-refractivity contribution in [3.63, 3.8) is 0 Å². The summed E-state index contributed by atoms with van der Waals surface area (Å²) in [5, 5.41) is 5.20. The van der Waals surface area contributed by atoms with E-state index in [-0.39, 0.29) is 0 Å². The second kappa shape index (κ2) is 7.32. The lowest BCUT2D eigenvalue weighted by Crippen LogP contribution is -1.93. The molecule has 0 fully saturated rings. The van der Waals surface area contributed by atoms with Gasteiger partial charge in [0.1, 0.15) is 0 Å². The predicted molar refractivity (Wildman–Crippen MR) is 136 cm³/mol. The van der Waals surface area contributed by atoms with Crippen molar-refractivity contribution < 1.29 is 0 Å². The number of aromatic nitrogens is 2. The van der Waals surface area contributed by atoms with Crippen LogP contribution < -0.4 is 0 Å². The molecule has 0 aliphatic carbocycles. The SMILES string of the molecule is CCn1c2ccccc2c2ccc(C#Cc3ccc4c5ccccc5n(CC)c4c3)cc21. The molecule has 2 heteroatoms. The van der Waals surface area contributed by atoms with Crippen LogP contribution in [0.1, 0.15) is 25.0 Å². The molecule has 0 unspecified atom stereocenters. The van der Waals surface area contributed by atoms with Crippen LogP contribution in [0.4, 0.5) is 0 Å². The first-order valence-electron chi connectivity index (χ1n) is 11.3. The minimum Gasteiger partial charge on any atom is -0.341 e. The largest absolute Gasteiger partial charge is 0.341 e. The van der Waals surface area contributed by atoms with E-state index in [4.69, 9.17) is 0 Å². The Bertz CT molecular complexity index is 1570. The average Bonchev–Trinajstić information content (AvgIpc) is 3.34. The Morgan fingerprint density at radius 3 is 1.34 bits per heavy atom. The van der Waals surface area contributed by atoms with Gasteiger partial charge in [-0.25, -0.2) is 0 Å². The summed E-state index contributed by atoms with van der Waals surface area (Å²) >= 11 is 0. The lowest BCUT2D eigenvalue weighted by atomic mass is 10.1. The van der Waals surface area contributed by atoms with Gasteiger partial charge in [-0.05, 0) is 50.2 Å². The molecule has 0 atom stereocenters. The Balaban J connectivity index is 1.47. The smallest absolute Gasteiger partial charge is 0.0503 e. The zero-order valence-corrected chi connectivity index (χ0v) is 18.4. The number of hydrogen-bond donors (Lipinski definition) is 0. The average molecular weight is 413 g/mol. The first kappa shape index (κ1) is 18.8. The van der Waals surface area contributed by atoms with E-state index in [0.29, 0.717) is 0 Å². The number of para-hydroxylation sites is 2. The Morgan fingerprint density at radius 2 is 0.906 bits per heavy atom. The molecule has 0 aliphatic rings. The van der Waals surface area contributed by atoms with Gasteiger partial charge in [-0.1, -0.05) is 60.4 Å². The van der Waals surface area contributed by atoms with Crippen LogP contribution in [0.15, 0.2) is 84.9 Å². The molecular formula is C30H24N2. The molecule has 0 amide bonds. The molecule has 2 aromatic heterocycles. The maximum Gasteiger partial charge on any atom is 0.0503 e. The van der Waals surface area contributed by atoms with Crippen LogP contribution >= 0.6 is 0 Å². The highest BCUT2D eigenvalue weighted by atomic mass is 15.0. The van der Waals surface area contributed by atoms with Crippen LogP contribution in [0.5, 0.6) is 0 Å². The normalized spacial score (nSPS) is 11.4. The number of benzene rings is 4. The van der Waals surface area contributed by atoms with Gasteiger partial charge < -0.3 is 9.13 Å². The first-order valence-corrected chi connectivity index (χ1v) is 11.3. The molecule has 0 aliphatic heterocycles. The fourth-order valence-electron chi connectivity index (χ4n) is 5.08. The van der Waals surface area contributed by atoms with Crippen molar-refractivity contribution in [2.75, 3.05) is 0 Å². The quantitative estimate of drug-likeness (QED) is 0.263. The number of fused-ring (bicyclic) bond motifs is 6. The van der Waals surface area contributed by atoms with Crippen LogP contribution in [0.3, 0.4) is 0 Å². The number of rotatable bonds is 2. The van der Waals surface area contributed by atoms with Gasteiger partial charge >= 0.3 is 0 Å². The zero-order chi connectivity index (χ0) is 21.7. The van der Waals surface area contributed by atoms with Gasteiger partial charge in [-0.2, -0.15) is 0 Å². The second-order valence-electron chi connectivity index (χ2n) is 8.24. The van der Waals surface area contributed by atoms with Gasteiger partial charge in [-0.3, -0.25) is 0 Å². The summed E-state index contributed by atoms with van der Waals surface area (Å²) in [6, 6.07) is 30.4. The fourth-order valence-corrected chi connectivity index (χ4v) is 5.08. The van der Waals surface area contributed by atoms with Crippen LogP contribution in [0.25, 0.3) is 43.6 Å². The highest BCUT2D eigenvalue weighted by Gasteiger charge is 2.10. The molecule has 0 bridgehead atoms. The van der Waals surface area contributed by atoms with Gasteiger partial charge in [-0.15, -0.1) is 0 Å². The van der Waals surface area contributed by atoms with Gasteiger partial charge in [0.05, 0.1) is 11.0 Å². The predicted octanol–water partition coefficient (Wildman–Crippen LogP) is 7.34. The van der Waals surface area contributed by atoms with Gasteiger partial charge in [0.2, 0.25) is 0 Å². The number of nitrogens with zero attached hydrogens (tertiary/aromatic N) is 2. The van der Waals surface area contributed by atoms with E-state index in [0.717, 1.165) is 24.2 Å². The summed E-state index contributed by atoms with van der Waals surface area (Å²) in [6.45, 7) is 6.29. The Kier molecular flexibility index (Phi) is 4.30. The van der Waals surface area contributed by atoms with Crippen LogP contribution in [-0.4, -0.2) is 9.13 Å². The minimum atomic E-state index is 0.944. The molecule has 6 aromatic rings. The van der Waals surface area contributed by atoms with E-state index in [1.165, 1.54) is 43.6 Å². The van der Waals surface area contributed by atoms with E-state index < -0.39 is 0 Å². The second-order valence-corrected chi connectivity index (χ2v) is 8.24. The number of hydrogen-bond acceptors (Lipinski definition) is 0. The zero-order valence-electron chi connectivity index (χ0n) is 18.4. The minimum absolute atomic E-state index is 0.944. The van der Waals surface area contributed by atoms with Crippen molar-refractivity contribution in [3.05, 3.63) is 96.1 Å². The van der Waals surface area contributed by atoms with E-state index in [2.05, 4.69) is 120 Å². The molecule has 6 rings (SSSR count). The monoisotopic (exact) mass is 412 g/mol. The van der Waals surface area contributed by atoms with Gasteiger partial charge in [0, 0.05) is 56.8 Å². The van der Waals surface area contributed by atoms with Crippen LogP contribution in [0, 0.1) is 11.8 Å². The molecule has 0 saturated heterocycles. The summed E-state index contributed by atoms with van der Waals surface area (Å²) in [5.74, 6) is 6.82. The summed E-state index contributed by atoms with van der Waals surface area (Å²) in [5.41, 5.74) is 7.17. The molecule has 32 heavy (non-hydrogen) atoms. The van der Waals surface area contributed by atoms with Gasteiger partial charge in [0.25, 0.3) is 0 Å². The third kappa shape index (κ3) is 2.75. The molecule has 154 valence electrons. The third-order valence-electron chi connectivity index (χ3n) is 6.53. The van der Waals surface area contributed by atoms with Crippen molar-refractivity contribution in [2.45, 2.75) is 26.9 Å². The lowest BCUT2D eigenvalue weighted by Gasteiger charge is -2.03. The van der Waals surface area contributed by atoms with E-state index in [1.807, 2.05) is 0 Å². The molecule has 0 N–H and O–H groups in total. The standard InChI is InChI=1S/C30H24N2/c1-3-31-27-11-7-5-9-23(27)25-17-15-21(19-29(25)31)13-14-22-16-18-26-24-10-6-8-12-28(24)32(4-2)30(26)20-22/h5-12,15-20H,3-4H2,1-2H3. The van der Waals surface area contributed by atoms with Crippen molar-refractivity contribution in [1.82, 2.24) is 9.13 Å². The van der Waals surface area contributed by atoms with Crippen molar-refractivity contribution in [1.29, 1.82) is 0 Å². The van der Waals surface area contributed by atoms with Gasteiger partial charge in [0.15, 0.2) is 0 Å². The van der Waals surface area contributed by atoms with E-state index in [1.54, 1.807) is 0 Å². The molecule has 4 aromatic carbocycles. The molecule has 0 saturated carbocycles. The van der Waals surface area contributed by atoms with Crippen LogP contribution in [0.2, 0.25) is 0 Å². The summed E-state index contributed by atoms with van der Waals surface area (Å²) in [7, 11) is 0. The maximum absolute atomic E-state index is 3.41. The Hall–Kier alpha value is -3.96. The van der Waals surface area contributed by atoms with E-state index in [9.17, 15) is 0 Å². The maximum atomic E-state index is 3.41. The Morgan fingerprint density at radius 1 is 0.500 bits per heavy atom. The van der Waals surface area contributed by atoms with Crippen LogP contribution in [-0.2, 0) is 13.1 Å². The lowest BCUT2D eigenvalue weighted by molar-refractivity contribution is 0.827. The molecular weight excluding hydrogens is 388 g/mol. The highest BCUT2D eigenvalue weighted by Crippen LogP contribution is 2.31. The summed E-state index contributed by atoms with van der Waals surface area (Å²) in [4.78, 5) is 0. The van der Waals surface area contributed by atoms with Crippen molar-refractivity contribution in [3.8, 4) is 11.8 Å². The topological polar surface area (TPSA) is 9.86 Å². The Labute approximate surface area is 187 Å². The number of aryl methyl sites for hydroxylation is 2. The molecule has 2 nitrogen and oxygen atoms in total. The fraction of sp³-hybridized carbons (Fsp3) is 0.133. The first-order chi connectivity index (χ1) is 15.8. The molecule has 0 radical (unpaired) electrons. The molecule has 0 spiro atoms.